The van der Waals surface area contributed by atoms with E-state index in [1.165, 1.54) is 10.7 Å². The van der Waals surface area contributed by atoms with Crippen molar-refractivity contribution in [1.82, 2.24) is 9.78 Å². The van der Waals surface area contributed by atoms with E-state index >= 15 is 0 Å². The molecule has 0 spiro atoms. The highest BCUT2D eigenvalue weighted by Gasteiger charge is 1.96. The maximum absolute atomic E-state index is 10.8. The van der Waals surface area contributed by atoms with E-state index in [-0.39, 0.29) is 5.56 Å². The fourth-order valence-corrected chi connectivity index (χ4v) is 0.642. The lowest BCUT2D eigenvalue weighted by atomic mass is 10.3. The molecule has 1 rings (SSSR count). The van der Waals surface area contributed by atoms with Crippen molar-refractivity contribution in [3.8, 4) is 0 Å². The fourth-order valence-electron chi connectivity index (χ4n) is 0.642. The van der Waals surface area contributed by atoms with Gasteiger partial charge in [0.15, 0.2) is 0 Å². The second-order valence-corrected chi connectivity index (χ2v) is 2.17. The topological polar surface area (TPSA) is 60.9 Å². The van der Waals surface area contributed by atoms with E-state index in [0.29, 0.717) is 5.82 Å². The van der Waals surface area contributed by atoms with Gasteiger partial charge < -0.3 is 5.73 Å². The number of nitrogens with two attached hydrogens (primary N) is 1. The summed E-state index contributed by atoms with van der Waals surface area (Å²) < 4.78 is 1.21. The van der Waals surface area contributed by atoms with Gasteiger partial charge in [0.25, 0.3) is 5.56 Å². The van der Waals surface area contributed by atoms with Crippen LogP contribution in [-0.2, 0) is 7.05 Å². The van der Waals surface area contributed by atoms with Gasteiger partial charge in [0.2, 0.25) is 0 Å². The summed E-state index contributed by atoms with van der Waals surface area (Å²) in [5.41, 5.74) is 6.01. The maximum Gasteiger partial charge on any atom is 0.266 e. The normalized spacial score (nSPS) is 9.80. The average molecular weight is 139 g/mol. The maximum atomic E-state index is 10.8. The molecule has 4 heteroatoms. The summed E-state index contributed by atoms with van der Waals surface area (Å²) in [6.45, 7) is 1.75. The number of anilines is 1. The van der Waals surface area contributed by atoms with Gasteiger partial charge in [-0.05, 0) is 12.5 Å². The van der Waals surface area contributed by atoms with E-state index in [0.717, 1.165) is 5.56 Å². The molecule has 2 N–H and O–H groups in total. The summed E-state index contributed by atoms with van der Waals surface area (Å²) in [5, 5.41) is 3.75. The molecular weight excluding hydrogens is 130 g/mol. The van der Waals surface area contributed by atoms with Crippen LogP contribution < -0.4 is 11.3 Å². The van der Waals surface area contributed by atoms with Gasteiger partial charge in [-0.1, -0.05) is 0 Å². The van der Waals surface area contributed by atoms with Gasteiger partial charge in [-0.25, -0.2) is 4.68 Å². The number of aromatic nitrogens is 2. The summed E-state index contributed by atoms with van der Waals surface area (Å²) in [4.78, 5) is 10.8. The van der Waals surface area contributed by atoms with Crippen LogP contribution >= 0.6 is 0 Å². The molecule has 0 aromatic carbocycles. The molecule has 0 bridgehead atoms. The summed E-state index contributed by atoms with van der Waals surface area (Å²) in [6, 6.07) is 1.46. The van der Waals surface area contributed by atoms with Crippen LogP contribution in [0.2, 0.25) is 0 Å². The van der Waals surface area contributed by atoms with Crippen LogP contribution in [0.1, 0.15) is 5.56 Å². The van der Waals surface area contributed by atoms with Gasteiger partial charge in [-0.2, -0.15) is 5.10 Å². The summed E-state index contributed by atoms with van der Waals surface area (Å²) in [7, 11) is 1.57. The zero-order valence-electron chi connectivity index (χ0n) is 5.96. The van der Waals surface area contributed by atoms with Crippen LogP contribution in [0.25, 0.3) is 0 Å². The van der Waals surface area contributed by atoms with Crippen molar-refractivity contribution in [1.29, 1.82) is 0 Å². The Morgan fingerprint density at radius 1 is 1.70 bits per heavy atom. The molecule has 10 heavy (non-hydrogen) atoms. The van der Waals surface area contributed by atoms with E-state index in [1.807, 2.05) is 0 Å². The molecule has 0 atom stereocenters. The molecule has 54 valence electrons. The number of hydrogen-bond donors (Lipinski definition) is 1. The Balaban J connectivity index is 3.43. The highest BCUT2D eigenvalue weighted by molar-refractivity contribution is 5.35. The monoisotopic (exact) mass is 139 g/mol. The van der Waals surface area contributed by atoms with Crippen LogP contribution in [0.5, 0.6) is 0 Å². The first kappa shape index (κ1) is 6.80. The van der Waals surface area contributed by atoms with Crippen molar-refractivity contribution >= 4 is 5.82 Å². The number of hydrogen-bond acceptors (Lipinski definition) is 3. The van der Waals surface area contributed by atoms with Crippen molar-refractivity contribution in [2.75, 3.05) is 5.73 Å². The Morgan fingerprint density at radius 3 is 2.80 bits per heavy atom. The van der Waals surface area contributed by atoms with Gasteiger partial charge in [-0.3, -0.25) is 4.79 Å². The minimum Gasteiger partial charge on any atom is -0.382 e. The minimum atomic E-state index is -0.133. The SMILES string of the molecule is Cc1cc(=O)n(C)nc1N. The molecule has 0 fully saturated rings. The molecule has 1 aromatic heterocycles. The third-order valence-electron chi connectivity index (χ3n) is 1.32. The first-order valence-corrected chi connectivity index (χ1v) is 2.91. The second-order valence-electron chi connectivity index (χ2n) is 2.17. The van der Waals surface area contributed by atoms with E-state index in [4.69, 9.17) is 5.73 Å². The van der Waals surface area contributed by atoms with E-state index in [9.17, 15) is 4.79 Å². The molecule has 0 aliphatic heterocycles. The average Bonchev–Trinajstić information content (AvgIpc) is 1.84. The zero-order valence-corrected chi connectivity index (χ0v) is 5.96. The number of rotatable bonds is 0. The van der Waals surface area contributed by atoms with Crippen LogP contribution in [0.15, 0.2) is 10.9 Å². The van der Waals surface area contributed by atoms with Crippen molar-refractivity contribution in [3.05, 3.63) is 22.0 Å². The van der Waals surface area contributed by atoms with Crippen LogP contribution in [0, 0.1) is 6.92 Å². The molecular formula is C6H9N3O. The van der Waals surface area contributed by atoms with Gasteiger partial charge >= 0.3 is 0 Å². The van der Waals surface area contributed by atoms with Crippen molar-refractivity contribution in [3.63, 3.8) is 0 Å². The smallest absolute Gasteiger partial charge is 0.266 e. The third kappa shape index (κ3) is 1.00. The highest BCUT2D eigenvalue weighted by Crippen LogP contribution is 1.98. The standard InChI is InChI=1S/C6H9N3O/c1-4-3-5(10)9(2)8-6(4)7/h3H,1-2H3,(H2,7,8). The van der Waals surface area contributed by atoms with Crippen molar-refractivity contribution in [2.45, 2.75) is 6.92 Å². The Bertz CT molecular complexity index is 302. The highest BCUT2D eigenvalue weighted by atomic mass is 16.1. The first-order chi connectivity index (χ1) is 4.61. The molecule has 0 saturated heterocycles. The lowest BCUT2D eigenvalue weighted by Crippen LogP contribution is -2.20. The molecule has 4 nitrogen and oxygen atoms in total. The van der Waals surface area contributed by atoms with Crippen LogP contribution in [0.3, 0.4) is 0 Å². The van der Waals surface area contributed by atoms with Gasteiger partial charge in [0.1, 0.15) is 5.82 Å². The Morgan fingerprint density at radius 2 is 2.30 bits per heavy atom. The molecule has 0 radical (unpaired) electrons. The van der Waals surface area contributed by atoms with E-state index in [1.54, 1.807) is 14.0 Å². The quantitative estimate of drug-likeness (QED) is 0.535. The summed E-state index contributed by atoms with van der Waals surface area (Å²) in [5.74, 6) is 0.405. The van der Waals surface area contributed by atoms with Crippen molar-refractivity contribution in [2.24, 2.45) is 7.05 Å². The predicted octanol–water partition coefficient (Wildman–Crippen LogP) is -0.329. The summed E-state index contributed by atoms with van der Waals surface area (Å²) >= 11 is 0. The molecule has 0 unspecified atom stereocenters. The number of aryl methyl sites for hydroxylation is 2. The van der Waals surface area contributed by atoms with Crippen LogP contribution in [-0.4, -0.2) is 9.78 Å². The van der Waals surface area contributed by atoms with Gasteiger partial charge in [0.05, 0.1) is 0 Å². The van der Waals surface area contributed by atoms with Crippen molar-refractivity contribution < 1.29 is 0 Å². The lowest BCUT2D eigenvalue weighted by Gasteiger charge is -1.99. The Kier molecular flexibility index (Phi) is 1.45. The van der Waals surface area contributed by atoms with Gasteiger partial charge in [0, 0.05) is 13.1 Å². The van der Waals surface area contributed by atoms with E-state index in [2.05, 4.69) is 5.10 Å². The largest absolute Gasteiger partial charge is 0.382 e. The lowest BCUT2D eigenvalue weighted by molar-refractivity contribution is 0.710. The third-order valence-corrected chi connectivity index (χ3v) is 1.32. The molecule has 1 aromatic rings. The second kappa shape index (κ2) is 2.13. The number of nitrogens with zero attached hydrogens (tertiary/aromatic N) is 2. The molecule has 0 aliphatic carbocycles. The molecule has 0 saturated carbocycles. The predicted molar refractivity (Wildman–Crippen MR) is 38.6 cm³/mol. The first-order valence-electron chi connectivity index (χ1n) is 2.91. The molecule has 0 aliphatic rings. The zero-order chi connectivity index (χ0) is 7.72. The molecule has 0 amide bonds. The summed E-state index contributed by atoms with van der Waals surface area (Å²) in [6.07, 6.45) is 0. The Hall–Kier alpha value is -1.32. The minimum absolute atomic E-state index is 0.133. The molecule has 1 heterocycles. The van der Waals surface area contributed by atoms with E-state index < -0.39 is 0 Å². The fraction of sp³-hybridized carbons (Fsp3) is 0.333. The Labute approximate surface area is 58.3 Å². The van der Waals surface area contributed by atoms with Crippen LogP contribution in [0.4, 0.5) is 5.82 Å². The van der Waals surface area contributed by atoms with Gasteiger partial charge in [-0.15, -0.1) is 0 Å². The number of nitrogen functional groups attached to an aromatic ring is 1.